The summed E-state index contributed by atoms with van der Waals surface area (Å²) < 4.78 is 18.4. The summed E-state index contributed by atoms with van der Waals surface area (Å²) in [5, 5.41) is 2.88. The van der Waals surface area contributed by atoms with Crippen LogP contribution in [-0.2, 0) is 4.74 Å². The molecule has 0 amide bonds. The van der Waals surface area contributed by atoms with Crippen molar-refractivity contribution in [3.8, 4) is 0 Å². The first-order chi connectivity index (χ1) is 9.11. The first-order valence-corrected chi connectivity index (χ1v) is 5.61. The number of nitrogens with one attached hydrogen (secondary N) is 1. The first-order valence-electron chi connectivity index (χ1n) is 5.61. The van der Waals surface area contributed by atoms with Crippen molar-refractivity contribution < 1.29 is 13.9 Å². The number of para-hydroxylation sites is 1. The van der Waals surface area contributed by atoms with Crippen LogP contribution in [0.1, 0.15) is 10.4 Å². The van der Waals surface area contributed by atoms with E-state index in [4.69, 9.17) is 5.73 Å². The Hall–Kier alpha value is -2.56. The molecule has 0 aromatic heterocycles. The predicted molar refractivity (Wildman–Crippen MR) is 71.9 cm³/mol. The lowest BCUT2D eigenvalue weighted by Crippen LogP contribution is -2.07. The summed E-state index contributed by atoms with van der Waals surface area (Å²) in [5.41, 5.74) is 6.64. The quantitative estimate of drug-likeness (QED) is 0.658. The highest BCUT2D eigenvalue weighted by atomic mass is 19.1. The van der Waals surface area contributed by atoms with Crippen molar-refractivity contribution in [3.63, 3.8) is 0 Å². The van der Waals surface area contributed by atoms with Crippen LogP contribution < -0.4 is 11.1 Å². The predicted octanol–water partition coefficient (Wildman–Crippen LogP) is 2.94. The highest BCUT2D eigenvalue weighted by Gasteiger charge is 2.14. The van der Waals surface area contributed by atoms with Crippen LogP contribution in [0, 0.1) is 5.82 Å². The van der Waals surface area contributed by atoms with E-state index < -0.39 is 11.8 Å². The Morgan fingerprint density at radius 3 is 2.58 bits per heavy atom. The molecule has 2 rings (SSSR count). The lowest BCUT2D eigenvalue weighted by Gasteiger charge is -2.11. The third-order valence-corrected chi connectivity index (χ3v) is 2.60. The number of carbonyl (C=O) groups excluding carboxylic acids is 1. The van der Waals surface area contributed by atoms with Crippen LogP contribution in [0.3, 0.4) is 0 Å². The number of nitrogens with two attached hydrogens (primary N) is 1. The van der Waals surface area contributed by atoms with Gasteiger partial charge in [0, 0.05) is 11.4 Å². The minimum absolute atomic E-state index is 0.0444. The van der Waals surface area contributed by atoms with Gasteiger partial charge >= 0.3 is 5.97 Å². The van der Waals surface area contributed by atoms with Crippen LogP contribution in [0.5, 0.6) is 0 Å². The molecule has 98 valence electrons. The van der Waals surface area contributed by atoms with Gasteiger partial charge in [-0.05, 0) is 24.3 Å². The number of nitrogen functional groups attached to an aromatic ring is 1. The SMILES string of the molecule is COC(=O)c1cc(Nc2ccccc2)c(F)cc1N. The van der Waals surface area contributed by atoms with Crippen molar-refractivity contribution in [2.45, 2.75) is 0 Å². The number of halogens is 1. The normalized spacial score (nSPS) is 10.0. The van der Waals surface area contributed by atoms with E-state index in [9.17, 15) is 9.18 Å². The van der Waals surface area contributed by atoms with Gasteiger partial charge in [0.1, 0.15) is 5.82 Å². The number of rotatable bonds is 3. The van der Waals surface area contributed by atoms with E-state index in [1.165, 1.54) is 13.2 Å². The Kier molecular flexibility index (Phi) is 3.66. The molecule has 0 bridgehead atoms. The largest absolute Gasteiger partial charge is 0.465 e. The maximum Gasteiger partial charge on any atom is 0.340 e. The van der Waals surface area contributed by atoms with Crippen LogP contribution in [0.2, 0.25) is 0 Å². The van der Waals surface area contributed by atoms with Gasteiger partial charge in [-0.3, -0.25) is 0 Å². The molecule has 0 spiro atoms. The maximum absolute atomic E-state index is 13.8. The molecular formula is C14H13FN2O2. The molecule has 4 nitrogen and oxygen atoms in total. The molecule has 2 aromatic carbocycles. The Morgan fingerprint density at radius 1 is 1.26 bits per heavy atom. The summed E-state index contributed by atoms with van der Waals surface area (Å²) in [6.45, 7) is 0. The summed E-state index contributed by atoms with van der Waals surface area (Å²) in [6.07, 6.45) is 0. The van der Waals surface area contributed by atoms with Gasteiger partial charge in [0.05, 0.1) is 18.4 Å². The van der Waals surface area contributed by atoms with Crippen LogP contribution in [0.25, 0.3) is 0 Å². The molecule has 3 N–H and O–H groups in total. The van der Waals surface area contributed by atoms with Crippen LogP contribution in [0.4, 0.5) is 21.5 Å². The van der Waals surface area contributed by atoms with Crippen molar-refractivity contribution >= 4 is 23.0 Å². The Morgan fingerprint density at radius 2 is 1.95 bits per heavy atom. The standard InChI is InChI=1S/C14H13FN2O2/c1-19-14(18)10-7-13(11(15)8-12(10)16)17-9-5-3-2-4-6-9/h2-8,17H,16H2,1H3. The number of methoxy groups -OCH3 is 1. The second-order valence-electron chi connectivity index (χ2n) is 3.90. The monoisotopic (exact) mass is 260 g/mol. The average molecular weight is 260 g/mol. The topological polar surface area (TPSA) is 64.3 Å². The van der Waals surface area contributed by atoms with Crippen molar-refractivity contribution in [2.24, 2.45) is 0 Å². The zero-order valence-electron chi connectivity index (χ0n) is 10.3. The van der Waals surface area contributed by atoms with Crippen LogP contribution in [-0.4, -0.2) is 13.1 Å². The molecule has 0 fully saturated rings. The smallest absolute Gasteiger partial charge is 0.340 e. The van der Waals surface area contributed by atoms with Gasteiger partial charge < -0.3 is 15.8 Å². The molecule has 0 unspecified atom stereocenters. The second-order valence-corrected chi connectivity index (χ2v) is 3.90. The molecule has 0 aliphatic rings. The zero-order valence-corrected chi connectivity index (χ0v) is 10.3. The molecule has 0 saturated carbocycles. The van der Waals surface area contributed by atoms with Crippen molar-refractivity contribution in [3.05, 3.63) is 53.8 Å². The maximum atomic E-state index is 13.8. The number of anilines is 3. The van der Waals surface area contributed by atoms with Gasteiger partial charge in [-0.15, -0.1) is 0 Å². The second kappa shape index (κ2) is 5.39. The van der Waals surface area contributed by atoms with E-state index >= 15 is 0 Å². The molecule has 0 saturated heterocycles. The number of carbonyl (C=O) groups is 1. The highest BCUT2D eigenvalue weighted by molar-refractivity contribution is 5.96. The van der Waals surface area contributed by atoms with E-state index in [0.717, 1.165) is 6.07 Å². The lowest BCUT2D eigenvalue weighted by molar-refractivity contribution is 0.0602. The fourth-order valence-electron chi connectivity index (χ4n) is 1.65. The lowest BCUT2D eigenvalue weighted by atomic mass is 10.1. The number of hydrogen-bond acceptors (Lipinski definition) is 4. The summed E-state index contributed by atoms with van der Waals surface area (Å²) in [6, 6.07) is 11.5. The molecule has 0 heterocycles. The molecule has 0 aliphatic carbocycles. The minimum atomic E-state index is -0.603. The average Bonchev–Trinajstić information content (AvgIpc) is 2.42. The van der Waals surface area contributed by atoms with Crippen LogP contribution in [0.15, 0.2) is 42.5 Å². The van der Waals surface area contributed by atoms with Crippen molar-refractivity contribution in [2.75, 3.05) is 18.2 Å². The van der Waals surface area contributed by atoms with E-state index in [1.807, 2.05) is 18.2 Å². The summed E-state index contributed by atoms with van der Waals surface area (Å²) >= 11 is 0. The zero-order chi connectivity index (χ0) is 13.8. The molecule has 0 aliphatic heterocycles. The van der Waals surface area contributed by atoms with Gasteiger partial charge in [0.2, 0.25) is 0 Å². The Bertz CT molecular complexity index is 600. The van der Waals surface area contributed by atoms with Gasteiger partial charge in [0.15, 0.2) is 0 Å². The molecule has 0 atom stereocenters. The Labute approximate surface area is 110 Å². The first kappa shape index (κ1) is 12.9. The molecule has 2 aromatic rings. The highest BCUT2D eigenvalue weighted by Crippen LogP contribution is 2.25. The van der Waals surface area contributed by atoms with Gasteiger partial charge in [-0.25, -0.2) is 9.18 Å². The van der Waals surface area contributed by atoms with Gasteiger partial charge in [-0.2, -0.15) is 0 Å². The fourth-order valence-corrected chi connectivity index (χ4v) is 1.65. The number of hydrogen-bond donors (Lipinski definition) is 2. The molecule has 5 heteroatoms. The Balaban J connectivity index is 2.38. The van der Waals surface area contributed by atoms with E-state index in [1.54, 1.807) is 12.1 Å². The van der Waals surface area contributed by atoms with Crippen molar-refractivity contribution in [1.29, 1.82) is 0 Å². The van der Waals surface area contributed by atoms with Crippen LogP contribution >= 0.6 is 0 Å². The fraction of sp³-hybridized carbons (Fsp3) is 0.0714. The molecular weight excluding hydrogens is 247 g/mol. The summed E-state index contributed by atoms with van der Waals surface area (Å²) in [4.78, 5) is 11.5. The third kappa shape index (κ3) is 2.82. The summed E-state index contributed by atoms with van der Waals surface area (Å²) in [7, 11) is 1.25. The van der Waals surface area contributed by atoms with E-state index in [-0.39, 0.29) is 16.9 Å². The van der Waals surface area contributed by atoms with E-state index in [0.29, 0.717) is 5.69 Å². The number of esters is 1. The van der Waals surface area contributed by atoms with Gasteiger partial charge in [-0.1, -0.05) is 18.2 Å². The van der Waals surface area contributed by atoms with Gasteiger partial charge in [0.25, 0.3) is 0 Å². The number of benzene rings is 2. The van der Waals surface area contributed by atoms with Crippen molar-refractivity contribution in [1.82, 2.24) is 0 Å². The third-order valence-electron chi connectivity index (χ3n) is 2.60. The molecule has 0 radical (unpaired) electrons. The minimum Gasteiger partial charge on any atom is -0.465 e. The summed E-state index contributed by atoms with van der Waals surface area (Å²) in [5.74, 6) is -1.14. The molecule has 19 heavy (non-hydrogen) atoms. The van der Waals surface area contributed by atoms with E-state index in [2.05, 4.69) is 10.1 Å². The number of ether oxygens (including phenoxy) is 1.